The summed E-state index contributed by atoms with van der Waals surface area (Å²) in [5, 5.41) is 0. The maximum absolute atomic E-state index is 5.68. The van der Waals surface area contributed by atoms with E-state index in [2.05, 4.69) is 43.0 Å². The normalized spacial score (nSPS) is 17.4. The highest BCUT2D eigenvalue weighted by atomic mass is 15.2. The minimum atomic E-state index is 0.467. The molecule has 1 aromatic carbocycles. The third-order valence-corrected chi connectivity index (χ3v) is 3.76. The van der Waals surface area contributed by atoms with Gasteiger partial charge < -0.3 is 5.73 Å². The lowest BCUT2D eigenvalue weighted by Crippen LogP contribution is -2.24. The fourth-order valence-corrected chi connectivity index (χ4v) is 2.26. The molecule has 0 bridgehead atoms. The fourth-order valence-electron chi connectivity index (χ4n) is 2.26. The van der Waals surface area contributed by atoms with Crippen molar-refractivity contribution < 1.29 is 0 Å². The maximum atomic E-state index is 5.68. The second-order valence-corrected chi connectivity index (χ2v) is 5.17. The Kier molecular flexibility index (Phi) is 4.19. The minimum Gasteiger partial charge on any atom is -0.330 e. The zero-order valence-corrected chi connectivity index (χ0v) is 11.0. The van der Waals surface area contributed by atoms with Crippen molar-refractivity contribution in [3.63, 3.8) is 0 Å². The van der Waals surface area contributed by atoms with E-state index in [0.29, 0.717) is 5.92 Å². The topological polar surface area (TPSA) is 29.3 Å². The van der Waals surface area contributed by atoms with Gasteiger partial charge in [-0.3, -0.25) is 4.90 Å². The Morgan fingerprint density at radius 3 is 2.41 bits per heavy atom. The molecule has 0 spiro atoms. The Hall–Kier alpha value is -0.860. The van der Waals surface area contributed by atoms with E-state index in [9.17, 15) is 0 Å². The highest BCUT2D eigenvalue weighted by molar-refractivity contribution is 5.25. The summed E-state index contributed by atoms with van der Waals surface area (Å²) >= 11 is 0. The maximum Gasteiger partial charge on any atom is 0.0236 e. The molecule has 1 aromatic rings. The van der Waals surface area contributed by atoms with E-state index >= 15 is 0 Å². The Bertz CT molecular complexity index is 340. The van der Waals surface area contributed by atoms with Crippen molar-refractivity contribution in [2.24, 2.45) is 5.73 Å². The molecule has 1 atom stereocenters. The largest absolute Gasteiger partial charge is 0.330 e. The molecule has 0 aliphatic heterocycles. The molecule has 1 aliphatic carbocycles. The first-order chi connectivity index (χ1) is 8.24. The Balaban J connectivity index is 1.97. The van der Waals surface area contributed by atoms with Gasteiger partial charge in [0.1, 0.15) is 0 Å². The molecule has 2 rings (SSSR count). The predicted molar refractivity (Wildman–Crippen MR) is 73.0 cm³/mol. The molecular formula is C15H24N2. The molecule has 1 saturated carbocycles. The third-order valence-electron chi connectivity index (χ3n) is 3.76. The quantitative estimate of drug-likeness (QED) is 0.817. The minimum absolute atomic E-state index is 0.467. The van der Waals surface area contributed by atoms with Crippen LogP contribution in [0.5, 0.6) is 0 Å². The van der Waals surface area contributed by atoms with Crippen LogP contribution in [-0.2, 0) is 6.54 Å². The van der Waals surface area contributed by atoms with Crippen molar-refractivity contribution >= 4 is 0 Å². The number of hydrogen-bond donors (Lipinski definition) is 1. The summed E-state index contributed by atoms with van der Waals surface area (Å²) in [5.74, 6) is 0.467. The molecule has 1 aliphatic rings. The molecule has 2 nitrogen and oxygen atoms in total. The number of rotatable bonds is 6. The summed E-state index contributed by atoms with van der Waals surface area (Å²) in [4.78, 5) is 2.57. The van der Waals surface area contributed by atoms with Gasteiger partial charge in [0.15, 0.2) is 0 Å². The molecule has 17 heavy (non-hydrogen) atoms. The lowest BCUT2D eigenvalue weighted by atomic mass is 10.00. The van der Waals surface area contributed by atoms with Crippen molar-refractivity contribution in [3.8, 4) is 0 Å². The lowest BCUT2D eigenvalue weighted by molar-refractivity contribution is 0.269. The number of hydrogen-bond acceptors (Lipinski definition) is 2. The van der Waals surface area contributed by atoms with E-state index in [1.807, 2.05) is 0 Å². The average molecular weight is 232 g/mol. The zero-order chi connectivity index (χ0) is 12.3. The fraction of sp³-hybridized carbons (Fsp3) is 0.600. The Morgan fingerprint density at radius 2 is 1.94 bits per heavy atom. The van der Waals surface area contributed by atoms with Crippen molar-refractivity contribution in [2.45, 2.75) is 45.2 Å². The summed E-state index contributed by atoms with van der Waals surface area (Å²) in [5.41, 5.74) is 8.46. The van der Waals surface area contributed by atoms with Crippen molar-refractivity contribution in [1.82, 2.24) is 4.90 Å². The highest BCUT2D eigenvalue weighted by Gasteiger charge is 2.27. The SMILES string of the molecule is CCN(Cc1ccc(C(C)CN)cc1)C1CC1. The number of benzene rings is 1. The molecule has 1 unspecified atom stereocenters. The molecule has 0 saturated heterocycles. The van der Waals surface area contributed by atoms with E-state index in [1.54, 1.807) is 0 Å². The van der Waals surface area contributed by atoms with Gasteiger partial charge in [0.25, 0.3) is 0 Å². The molecule has 1 fully saturated rings. The second kappa shape index (κ2) is 5.65. The monoisotopic (exact) mass is 232 g/mol. The van der Waals surface area contributed by atoms with Gasteiger partial charge in [0, 0.05) is 12.6 Å². The van der Waals surface area contributed by atoms with E-state index in [0.717, 1.165) is 25.7 Å². The van der Waals surface area contributed by atoms with Crippen LogP contribution in [0, 0.1) is 0 Å². The molecule has 0 aromatic heterocycles. The van der Waals surface area contributed by atoms with Crippen LogP contribution in [0.25, 0.3) is 0 Å². The van der Waals surface area contributed by atoms with E-state index in [1.165, 1.54) is 24.0 Å². The van der Waals surface area contributed by atoms with Gasteiger partial charge in [-0.05, 0) is 43.0 Å². The van der Waals surface area contributed by atoms with Crippen LogP contribution in [0.2, 0.25) is 0 Å². The van der Waals surface area contributed by atoms with E-state index in [-0.39, 0.29) is 0 Å². The molecule has 2 N–H and O–H groups in total. The smallest absolute Gasteiger partial charge is 0.0236 e. The summed E-state index contributed by atoms with van der Waals surface area (Å²) in [6.45, 7) is 7.41. The van der Waals surface area contributed by atoms with Crippen LogP contribution in [-0.4, -0.2) is 24.0 Å². The van der Waals surface area contributed by atoms with Gasteiger partial charge in [-0.15, -0.1) is 0 Å². The Labute approximate surface area is 105 Å². The predicted octanol–water partition coefficient (Wildman–Crippen LogP) is 2.73. The van der Waals surface area contributed by atoms with Crippen LogP contribution in [0.4, 0.5) is 0 Å². The van der Waals surface area contributed by atoms with Crippen molar-refractivity contribution in [3.05, 3.63) is 35.4 Å². The summed E-state index contributed by atoms with van der Waals surface area (Å²) in [6.07, 6.45) is 2.77. The van der Waals surface area contributed by atoms with Gasteiger partial charge in [0.2, 0.25) is 0 Å². The van der Waals surface area contributed by atoms with Gasteiger partial charge in [-0.2, -0.15) is 0 Å². The molecule has 2 heteroatoms. The van der Waals surface area contributed by atoms with E-state index < -0.39 is 0 Å². The lowest BCUT2D eigenvalue weighted by Gasteiger charge is -2.20. The molecule has 94 valence electrons. The molecular weight excluding hydrogens is 208 g/mol. The van der Waals surface area contributed by atoms with Gasteiger partial charge in [-0.25, -0.2) is 0 Å². The van der Waals surface area contributed by atoms with Crippen LogP contribution >= 0.6 is 0 Å². The first-order valence-electron chi connectivity index (χ1n) is 6.77. The number of nitrogens with zero attached hydrogens (tertiary/aromatic N) is 1. The van der Waals surface area contributed by atoms with Gasteiger partial charge >= 0.3 is 0 Å². The van der Waals surface area contributed by atoms with Crippen molar-refractivity contribution in [2.75, 3.05) is 13.1 Å². The number of nitrogens with two attached hydrogens (primary N) is 1. The van der Waals surface area contributed by atoms with E-state index in [4.69, 9.17) is 5.73 Å². The molecule has 0 amide bonds. The van der Waals surface area contributed by atoms with Gasteiger partial charge in [0.05, 0.1) is 0 Å². The van der Waals surface area contributed by atoms with Crippen LogP contribution in [0.3, 0.4) is 0 Å². The van der Waals surface area contributed by atoms with Crippen molar-refractivity contribution in [1.29, 1.82) is 0 Å². The van der Waals surface area contributed by atoms with Crippen LogP contribution in [0.15, 0.2) is 24.3 Å². The summed E-state index contributed by atoms with van der Waals surface area (Å²) in [7, 11) is 0. The highest BCUT2D eigenvalue weighted by Crippen LogP contribution is 2.28. The first-order valence-corrected chi connectivity index (χ1v) is 6.77. The van der Waals surface area contributed by atoms with Crippen LogP contribution in [0.1, 0.15) is 43.7 Å². The first kappa shape index (κ1) is 12.6. The summed E-state index contributed by atoms with van der Waals surface area (Å²) < 4.78 is 0. The van der Waals surface area contributed by atoms with Crippen LogP contribution < -0.4 is 5.73 Å². The standard InChI is InChI=1S/C15H24N2/c1-3-17(15-8-9-15)11-13-4-6-14(7-5-13)12(2)10-16/h4-7,12,15H,3,8-11,16H2,1-2H3. The van der Waals surface area contributed by atoms with Gasteiger partial charge in [-0.1, -0.05) is 38.1 Å². The molecule has 0 heterocycles. The average Bonchev–Trinajstić information content (AvgIpc) is 3.20. The third kappa shape index (κ3) is 3.30. The Morgan fingerprint density at radius 1 is 1.29 bits per heavy atom. The zero-order valence-electron chi connectivity index (χ0n) is 11.0. The summed E-state index contributed by atoms with van der Waals surface area (Å²) in [6, 6.07) is 9.82. The molecule has 0 radical (unpaired) electrons. The second-order valence-electron chi connectivity index (χ2n) is 5.17.